The summed E-state index contributed by atoms with van der Waals surface area (Å²) in [6, 6.07) is 5.27. The zero-order valence-corrected chi connectivity index (χ0v) is 14.4. The number of carbonyl (C=O) groups is 1. The molecule has 1 fully saturated rings. The van der Waals surface area contributed by atoms with Gasteiger partial charge in [0.05, 0.1) is 21.6 Å². The van der Waals surface area contributed by atoms with Crippen molar-refractivity contribution in [2.75, 3.05) is 13.1 Å². The normalized spacial score (nSPS) is 19.7. The molecule has 0 bridgehead atoms. The first-order valence-electron chi connectivity index (χ1n) is 7.55. The summed E-state index contributed by atoms with van der Waals surface area (Å²) >= 11 is 0. The lowest BCUT2D eigenvalue weighted by Gasteiger charge is -2.33. The van der Waals surface area contributed by atoms with E-state index >= 15 is 0 Å². The lowest BCUT2D eigenvalue weighted by atomic mass is 10.1. The molecule has 23 heavy (non-hydrogen) atoms. The standard InChI is InChI=1S/C16H21N3O3S/c1-16(2,3)22-15(20)19-9-5-7-13(11-19)23(21)14-12(10-17)6-4-8-18-14/h4,6,8,13H,5,7,9,11H2,1-3H3/t13-,23-/m0/s1. The van der Waals surface area contributed by atoms with Crippen LogP contribution in [0.1, 0.15) is 39.2 Å². The van der Waals surface area contributed by atoms with Crippen LogP contribution in [0.5, 0.6) is 0 Å². The second-order valence-corrected chi connectivity index (χ2v) is 8.10. The fourth-order valence-corrected chi connectivity index (χ4v) is 3.91. The van der Waals surface area contributed by atoms with Crippen LogP contribution in [-0.2, 0) is 15.5 Å². The quantitative estimate of drug-likeness (QED) is 0.829. The third-order valence-corrected chi connectivity index (χ3v) is 5.11. The number of piperidine rings is 1. The number of aromatic nitrogens is 1. The molecule has 0 aromatic carbocycles. The maximum Gasteiger partial charge on any atom is 0.410 e. The molecule has 0 N–H and O–H groups in total. The number of hydrogen-bond donors (Lipinski definition) is 0. The number of likely N-dealkylation sites (tertiary alicyclic amines) is 1. The van der Waals surface area contributed by atoms with E-state index in [0.29, 0.717) is 23.7 Å². The van der Waals surface area contributed by atoms with E-state index in [0.717, 1.165) is 12.8 Å². The summed E-state index contributed by atoms with van der Waals surface area (Å²) < 4.78 is 18.1. The number of hydrogen-bond acceptors (Lipinski definition) is 5. The molecular weight excluding hydrogens is 314 g/mol. The summed E-state index contributed by atoms with van der Waals surface area (Å²) in [5.41, 5.74) is -0.238. The Morgan fingerprint density at radius 2 is 2.26 bits per heavy atom. The van der Waals surface area contributed by atoms with Crippen LogP contribution in [0.4, 0.5) is 4.79 Å². The van der Waals surface area contributed by atoms with Gasteiger partial charge in [0.2, 0.25) is 0 Å². The zero-order valence-electron chi connectivity index (χ0n) is 13.6. The second kappa shape index (κ2) is 7.09. The predicted molar refractivity (Wildman–Crippen MR) is 86.2 cm³/mol. The molecule has 1 saturated heterocycles. The fourth-order valence-electron chi connectivity index (χ4n) is 2.40. The van der Waals surface area contributed by atoms with E-state index in [-0.39, 0.29) is 11.3 Å². The van der Waals surface area contributed by atoms with E-state index in [1.807, 2.05) is 26.8 Å². The van der Waals surface area contributed by atoms with Crippen molar-refractivity contribution < 1.29 is 13.7 Å². The molecule has 1 amide bonds. The largest absolute Gasteiger partial charge is 0.444 e. The van der Waals surface area contributed by atoms with Crippen molar-refractivity contribution in [1.82, 2.24) is 9.88 Å². The van der Waals surface area contributed by atoms with Gasteiger partial charge in [0.25, 0.3) is 0 Å². The Hall–Kier alpha value is -1.94. The van der Waals surface area contributed by atoms with Gasteiger partial charge in [-0.05, 0) is 45.7 Å². The second-order valence-electron chi connectivity index (χ2n) is 6.46. The Kier molecular flexibility index (Phi) is 5.37. The average Bonchev–Trinajstić information content (AvgIpc) is 2.52. The Labute approximate surface area is 138 Å². The van der Waals surface area contributed by atoms with Gasteiger partial charge in [-0.2, -0.15) is 5.26 Å². The van der Waals surface area contributed by atoms with Gasteiger partial charge in [-0.15, -0.1) is 0 Å². The first-order valence-corrected chi connectivity index (χ1v) is 8.77. The summed E-state index contributed by atoms with van der Waals surface area (Å²) in [4.78, 5) is 17.9. The van der Waals surface area contributed by atoms with Gasteiger partial charge in [-0.3, -0.25) is 4.21 Å². The van der Waals surface area contributed by atoms with Gasteiger partial charge in [0.1, 0.15) is 16.7 Å². The van der Waals surface area contributed by atoms with E-state index in [1.54, 1.807) is 17.0 Å². The highest BCUT2D eigenvalue weighted by Crippen LogP contribution is 2.22. The van der Waals surface area contributed by atoms with Crippen molar-refractivity contribution in [2.24, 2.45) is 0 Å². The van der Waals surface area contributed by atoms with E-state index in [4.69, 9.17) is 10.00 Å². The lowest BCUT2D eigenvalue weighted by Crippen LogP contribution is -2.46. The van der Waals surface area contributed by atoms with Gasteiger partial charge in [-0.25, -0.2) is 9.78 Å². The van der Waals surface area contributed by atoms with E-state index in [9.17, 15) is 9.00 Å². The zero-order chi connectivity index (χ0) is 17.0. The van der Waals surface area contributed by atoms with Gasteiger partial charge in [0.15, 0.2) is 0 Å². The van der Waals surface area contributed by atoms with E-state index in [2.05, 4.69) is 4.98 Å². The number of nitriles is 1. The molecule has 0 saturated carbocycles. The van der Waals surface area contributed by atoms with Crippen molar-refractivity contribution >= 4 is 16.9 Å². The number of carbonyl (C=O) groups excluding carboxylic acids is 1. The van der Waals surface area contributed by atoms with Gasteiger partial charge in [-0.1, -0.05) is 0 Å². The van der Waals surface area contributed by atoms with E-state index < -0.39 is 16.4 Å². The minimum Gasteiger partial charge on any atom is -0.444 e. The van der Waals surface area contributed by atoms with Gasteiger partial charge in [0, 0.05) is 19.3 Å². The summed E-state index contributed by atoms with van der Waals surface area (Å²) in [6.07, 6.45) is 2.63. The van der Waals surface area contributed by atoms with Crippen molar-refractivity contribution in [1.29, 1.82) is 5.26 Å². The number of amides is 1. The molecule has 6 nitrogen and oxygen atoms in total. The van der Waals surface area contributed by atoms with Crippen LogP contribution in [0.3, 0.4) is 0 Å². The molecule has 1 aliphatic heterocycles. The Balaban J connectivity index is 2.11. The Morgan fingerprint density at radius 3 is 2.91 bits per heavy atom. The Morgan fingerprint density at radius 1 is 1.52 bits per heavy atom. The molecule has 0 radical (unpaired) electrons. The molecule has 1 aromatic heterocycles. The number of ether oxygens (including phenoxy) is 1. The summed E-state index contributed by atoms with van der Waals surface area (Å²) in [6.45, 7) is 6.39. The van der Waals surface area contributed by atoms with Crippen LogP contribution < -0.4 is 0 Å². The topological polar surface area (TPSA) is 83.3 Å². The molecule has 1 aromatic rings. The summed E-state index contributed by atoms with van der Waals surface area (Å²) in [5, 5.41) is 9.18. The van der Waals surface area contributed by atoms with Gasteiger partial charge >= 0.3 is 6.09 Å². The van der Waals surface area contributed by atoms with Crippen LogP contribution in [0.25, 0.3) is 0 Å². The molecule has 2 heterocycles. The third-order valence-electron chi connectivity index (χ3n) is 3.41. The summed E-state index contributed by atoms with van der Waals surface area (Å²) in [7, 11) is -1.42. The molecule has 2 rings (SSSR count). The van der Waals surface area contributed by atoms with Crippen molar-refractivity contribution in [3.8, 4) is 6.07 Å². The van der Waals surface area contributed by atoms with Crippen molar-refractivity contribution in [2.45, 2.75) is 49.5 Å². The highest BCUT2D eigenvalue weighted by Gasteiger charge is 2.32. The number of rotatable bonds is 2. The monoisotopic (exact) mass is 335 g/mol. The Bertz CT molecular complexity index is 649. The molecule has 1 aliphatic rings. The van der Waals surface area contributed by atoms with Crippen molar-refractivity contribution in [3.63, 3.8) is 0 Å². The van der Waals surface area contributed by atoms with Crippen LogP contribution in [0.2, 0.25) is 0 Å². The fraction of sp³-hybridized carbons (Fsp3) is 0.562. The van der Waals surface area contributed by atoms with Crippen LogP contribution in [0.15, 0.2) is 23.4 Å². The third kappa shape index (κ3) is 4.52. The summed E-state index contributed by atoms with van der Waals surface area (Å²) in [5.74, 6) is 0. The molecule has 2 atom stereocenters. The first kappa shape index (κ1) is 17.4. The maximum absolute atomic E-state index is 12.8. The SMILES string of the molecule is CC(C)(C)OC(=O)N1CCC[C@H]([S@](=O)c2ncccc2C#N)C1. The molecular formula is C16H21N3O3S. The molecule has 7 heteroatoms. The van der Waals surface area contributed by atoms with Gasteiger partial charge < -0.3 is 9.64 Å². The van der Waals surface area contributed by atoms with Crippen LogP contribution in [0, 0.1) is 11.3 Å². The predicted octanol–water partition coefficient (Wildman–Crippen LogP) is 2.46. The van der Waals surface area contributed by atoms with Crippen LogP contribution >= 0.6 is 0 Å². The molecule has 0 spiro atoms. The minimum absolute atomic E-state index is 0.238. The lowest BCUT2D eigenvalue weighted by molar-refractivity contribution is 0.0219. The highest BCUT2D eigenvalue weighted by atomic mass is 32.2. The average molecular weight is 335 g/mol. The number of nitrogens with zero attached hydrogens (tertiary/aromatic N) is 3. The van der Waals surface area contributed by atoms with Crippen molar-refractivity contribution in [3.05, 3.63) is 23.9 Å². The highest BCUT2D eigenvalue weighted by molar-refractivity contribution is 7.85. The number of pyridine rings is 1. The minimum atomic E-state index is -1.42. The smallest absolute Gasteiger partial charge is 0.410 e. The van der Waals surface area contributed by atoms with Crippen LogP contribution in [-0.4, -0.2) is 44.1 Å². The van der Waals surface area contributed by atoms with E-state index in [1.165, 1.54) is 6.20 Å². The first-order chi connectivity index (χ1) is 10.8. The molecule has 124 valence electrons. The maximum atomic E-state index is 12.8. The molecule has 0 unspecified atom stereocenters. The molecule has 0 aliphatic carbocycles.